The molecule has 1 aliphatic rings. The second-order valence-electron chi connectivity index (χ2n) is 11.9. The number of ether oxygens (including phenoxy) is 4. The Morgan fingerprint density at radius 3 is 2.00 bits per heavy atom. The minimum Gasteiger partial charge on any atom is -0.466 e. The molecule has 9 nitrogen and oxygen atoms in total. The summed E-state index contributed by atoms with van der Waals surface area (Å²) < 4.78 is 22.5. The summed E-state index contributed by atoms with van der Waals surface area (Å²) >= 11 is 0. The summed E-state index contributed by atoms with van der Waals surface area (Å²) in [6, 6.07) is 0.595. The maximum Gasteiger partial charge on any atom is 0.306 e. The van der Waals surface area contributed by atoms with E-state index in [0.29, 0.717) is 38.1 Å². The molecule has 0 amide bonds. The van der Waals surface area contributed by atoms with Crippen LogP contribution in [0.25, 0.3) is 0 Å². The average Bonchev–Trinajstić information content (AvgIpc) is 2.96. The molecule has 1 fully saturated rings. The zero-order valence-corrected chi connectivity index (χ0v) is 27.9. The molecule has 0 bridgehead atoms. The topological polar surface area (TPSA) is 108 Å². The van der Waals surface area contributed by atoms with Gasteiger partial charge in [0.25, 0.3) is 0 Å². The van der Waals surface area contributed by atoms with E-state index in [2.05, 4.69) is 11.8 Å². The third-order valence-corrected chi connectivity index (χ3v) is 7.94. The highest BCUT2D eigenvalue weighted by molar-refractivity contribution is 5.71. The van der Waals surface area contributed by atoms with Crippen molar-refractivity contribution in [3.63, 3.8) is 0 Å². The van der Waals surface area contributed by atoms with E-state index in [-0.39, 0.29) is 44.2 Å². The van der Waals surface area contributed by atoms with Crippen molar-refractivity contribution in [1.82, 2.24) is 4.90 Å². The first-order valence-electron chi connectivity index (χ1n) is 17.2. The zero-order chi connectivity index (χ0) is 31.9. The van der Waals surface area contributed by atoms with Crippen LogP contribution in [0.1, 0.15) is 150 Å². The van der Waals surface area contributed by atoms with E-state index >= 15 is 0 Å². The van der Waals surface area contributed by atoms with Crippen molar-refractivity contribution in [2.24, 2.45) is 0 Å². The molecule has 0 aromatic carbocycles. The Bertz CT molecular complexity index is 788. The second-order valence-corrected chi connectivity index (χ2v) is 11.9. The molecule has 0 saturated carbocycles. The first-order valence-corrected chi connectivity index (χ1v) is 17.2. The zero-order valence-electron chi connectivity index (χ0n) is 27.9. The highest BCUT2D eigenvalue weighted by Gasteiger charge is 2.36. The van der Waals surface area contributed by atoms with Gasteiger partial charge in [0, 0.05) is 38.1 Å². The Morgan fingerprint density at radius 2 is 1.33 bits per heavy atom. The molecule has 43 heavy (non-hydrogen) atoms. The number of hydrogen-bond acceptors (Lipinski definition) is 9. The van der Waals surface area contributed by atoms with Crippen LogP contribution in [0, 0.1) is 0 Å². The van der Waals surface area contributed by atoms with Crippen molar-refractivity contribution in [3.8, 4) is 0 Å². The number of piperidine rings is 1. The van der Waals surface area contributed by atoms with E-state index in [1.807, 2.05) is 20.8 Å². The Kier molecular flexibility index (Phi) is 21.9. The van der Waals surface area contributed by atoms with Gasteiger partial charge in [-0.2, -0.15) is 0 Å². The van der Waals surface area contributed by atoms with Gasteiger partial charge in [-0.1, -0.05) is 66.2 Å². The van der Waals surface area contributed by atoms with Crippen LogP contribution in [0.15, 0.2) is 0 Å². The third-order valence-electron chi connectivity index (χ3n) is 7.94. The van der Waals surface area contributed by atoms with E-state index in [1.54, 1.807) is 6.92 Å². The van der Waals surface area contributed by atoms with Crippen LogP contribution in [-0.4, -0.2) is 72.8 Å². The number of carbonyl (C=O) groups excluding carboxylic acids is 4. The Morgan fingerprint density at radius 1 is 0.698 bits per heavy atom. The quantitative estimate of drug-likeness (QED) is 0.0643. The first kappa shape index (κ1) is 38.9. The van der Waals surface area contributed by atoms with Crippen molar-refractivity contribution in [3.05, 3.63) is 0 Å². The van der Waals surface area contributed by atoms with Crippen molar-refractivity contribution in [2.75, 3.05) is 19.7 Å². The number of carbonyl (C=O) groups is 4. The summed E-state index contributed by atoms with van der Waals surface area (Å²) in [5.74, 6) is -1.61. The maximum atomic E-state index is 12.9. The lowest BCUT2D eigenvalue weighted by molar-refractivity contribution is -0.186. The summed E-state index contributed by atoms with van der Waals surface area (Å²) in [5, 5.41) is 0. The molecular formula is C34H61NO8. The molecule has 0 N–H and O–H groups in total. The smallest absolute Gasteiger partial charge is 0.306 e. The van der Waals surface area contributed by atoms with Crippen LogP contribution in [-0.2, 0) is 38.1 Å². The Hall–Kier alpha value is -2.16. The molecule has 1 saturated heterocycles. The van der Waals surface area contributed by atoms with Gasteiger partial charge in [0.15, 0.2) is 6.10 Å². The monoisotopic (exact) mass is 611 g/mol. The van der Waals surface area contributed by atoms with Crippen LogP contribution >= 0.6 is 0 Å². The first-order chi connectivity index (χ1) is 20.7. The fraction of sp³-hybridized carbons (Fsp3) is 0.882. The molecule has 0 aromatic heterocycles. The van der Waals surface area contributed by atoms with Crippen molar-refractivity contribution < 1.29 is 38.1 Å². The highest BCUT2D eigenvalue weighted by Crippen LogP contribution is 2.23. The number of hydrogen-bond donors (Lipinski definition) is 0. The minimum atomic E-state index is -1.01. The minimum absolute atomic E-state index is 0.000997. The Labute approximate surface area is 261 Å². The molecule has 9 heteroatoms. The molecule has 0 aliphatic carbocycles. The largest absolute Gasteiger partial charge is 0.466 e. The summed E-state index contributed by atoms with van der Waals surface area (Å²) in [7, 11) is 0. The molecule has 4 atom stereocenters. The number of unbranched alkanes of at least 4 members (excludes halogenated alkanes) is 4. The molecule has 0 radical (unpaired) electrons. The highest BCUT2D eigenvalue weighted by atomic mass is 16.6. The van der Waals surface area contributed by atoms with Crippen LogP contribution in [0.3, 0.4) is 0 Å². The lowest BCUT2D eigenvalue weighted by atomic mass is 9.96. The fourth-order valence-corrected chi connectivity index (χ4v) is 5.60. The predicted molar refractivity (Wildman–Crippen MR) is 167 cm³/mol. The standard InChI is InChI=1S/C34H61NO8/c1-6-10-11-12-13-20-28-21-14-15-24-35(28)25-16-22-33(39)41-27(5)34(43-32(38)19-9-4)29(42-31(37)18-8-3)23-26-40-30(36)17-7-2/h27-29,34H,6-26H2,1-5H3/t27-,28?,29+,34+/m0/s1. The molecule has 0 aromatic rings. The molecule has 0 spiro atoms. The second kappa shape index (κ2) is 24.2. The van der Waals surface area contributed by atoms with Crippen molar-refractivity contribution in [1.29, 1.82) is 0 Å². The summed E-state index contributed by atoms with van der Waals surface area (Å²) in [4.78, 5) is 52.4. The van der Waals surface area contributed by atoms with Crippen LogP contribution in [0.2, 0.25) is 0 Å². The van der Waals surface area contributed by atoms with Gasteiger partial charge in [-0.25, -0.2) is 0 Å². The van der Waals surface area contributed by atoms with E-state index in [0.717, 1.165) is 13.1 Å². The van der Waals surface area contributed by atoms with E-state index < -0.39 is 30.3 Å². The number of nitrogens with zero attached hydrogens (tertiary/aromatic N) is 1. The molecule has 1 aliphatic heterocycles. The third kappa shape index (κ3) is 17.7. The lowest BCUT2D eigenvalue weighted by Gasteiger charge is -2.36. The molecular weight excluding hydrogens is 550 g/mol. The number of likely N-dealkylation sites (tertiary alicyclic amines) is 1. The summed E-state index contributed by atoms with van der Waals surface area (Å²) in [6.07, 6.45) is 12.2. The SMILES string of the molecule is CCCCCCCC1CCCCN1CCCC(=O)O[C@@H](C)[C@@H](OC(=O)CCC)[C@@H](CCOC(=O)CCC)OC(=O)CCC. The molecule has 1 heterocycles. The van der Waals surface area contributed by atoms with Gasteiger partial charge in [0.05, 0.1) is 6.61 Å². The maximum absolute atomic E-state index is 12.9. The van der Waals surface area contributed by atoms with Crippen molar-refractivity contribution in [2.45, 2.75) is 175 Å². The lowest BCUT2D eigenvalue weighted by Crippen LogP contribution is -2.45. The molecule has 1 rings (SSSR count). The molecule has 1 unspecified atom stereocenters. The van der Waals surface area contributed by atoms with Gasteiger partial charge in [0.1, 0.15) is 12.2 Å². The molecule has 250 valence electrons. The number of esters is 4. The van der Waals surface area contributed by atoms with Crippen LogP contribution in [0.5, 0.6) is 0 Å². The van der Waals surface area contributed by atoms with E-state index in [9.17, 15) is 19.2 Å². The van der Waals surface area contributed by atoms with Crippen molar-refractivity contribution >= 4 is 23.9 Å². The summed E-state index contributed by atoms with van der Waals surface area (Å²) in [6.45, 7) is 11.5. The van der Waals surface area contributed by atoms with E-state index in [1.165, 1.54) is 57.8 Å². The van der Waals surface area contributed by atoms with Gasteiger partial charge in [-0.15, -0.1) is 0 Å². The average molecular weight is 612 g/mol. The van der Waals surface area contributed by atoms with Gasteiger partial charge < -0.3 is 23.8 Å². The van der Waals surface area contributed by atoms with Gasteiger partial charge >= 0.3 is 23.9 Å². The fourth-order valence-electron chi connectivity index (χ4n) is 5.60. The van der Waals surface area contributed by atoms with Crippen LogP contribution < -0.4 is 0 Å². The summed E-state index contributed by atoms with van der Waals surface area (Å²) in [5.41, 5.74) is 0. The Balaban J connectivity index is 2.79. The predicted octanol–water partition coefficient (Wildman–Crippen LogP) is 7.07. The van der Waals surface area contributed by atoms with E-state index in [4.69, 9.17) is 18.9 Å². The number of rotatable bonds is 24. The van der Waals surface area contributed by atoms with Gasteiger partial charge in [-0.05, 0) is 65.0 Å². The van der Waals surface area contributed by atoms with Crippen LogP contribution in [0.4, 0.5) is 0 Å². The van der Waals surface area contributed by atoms with Gasteiger partial charge in [-0.3, -0.25) is 19.2 Å². The normalized spacial score (nSPS) is 17.5. The van der Waals surface area contributed by atoms with Gasteiger partial charge in [0.2, 0.25) is 0 Å².